The molecule has 1 N–H and O–H groups in total. The zero-order chi connectivity index (χ0) is 14.5. The van der Waals surface area contributed by atoms with Crippen molar-refractivity contribution in [1.29, 1.82) is 0 Å². The number of para-hydroxylation sites is 1. The first-order valence-corrected chi connectivity index (χ1v) is 7.71. The fourth-order valence-corrected chi connectivity index (χ4v) is 2.76. The van der Waals surface area contributed by atoms with Crippen molar-refractivity contribution in [3.05, 3.63) is 54.0 Å². The first-order valence-electron chi connectivity index (χ1n) is 7.71. The molecule has 3 rings (SSSR count). The second kappa shape index (κ2) is 6.81. The van der Waals surface area contributed by atoms with Crippen LogP contribution in [0.5, 0.6) is 5.75 Å². The molecule has 0 amide bonds. The van der Waals surface area contributed by atoms with Crippen LogP contribution in [0.15, 0.2) is 47.3 Å². The molecule has 0 aliphatic heterocycles. The molecule has 2 aromatic rings. The van der Waals surface area contributed by atoms with Crippen LogP contribution in [-0.4, -0.2) is 19.7 Å². The van der Waals surface area contributed by atoms with Gasteiger partial charge in [0.2, 0.25) is 0 Å². The van der Waals surface area contributed by atoms with E-state index >= 15 is 0 Å². The third-order valence-electron chi connectivity index (χ3n) is 4.08. The lowest BCUT2D eigenvalue weighted by molar-refractivity contribution is 0.399. The molecule has 1 saturated carbocycles. The highest BCUT2D eigenvalue weighted by atomic mass is 16.5. The summed E-state index contributed by atoms with van der Waals surface area (Å²) in [4.78, 5) is 0. The lowest BCUT2D eigenvalue weighted by atomic mass is 9.93. The van der Waals surface area contributed by atoms with Crippen molar-refractivity contribution in [2.75, 3.05) is 13.7 Å². The quantitative estimate of drug-likeness (QED) is 0.807. The molecule has 0 radical (unpaired) electrons. The number of benzene rings is 1. The maximum atomic E-state index is 5.48. The fourth-order valence-electron chi connectivity index (χ4n) is 2.76. The van der Waals surface area contributed by atoms with E-state index in [0.29, 0.717) is 5.92 Å². The Balaban J connectivity index is 1.67. The highest BCUT2D eigenvalue weighted by Crippen LogP contribution is 2.24. The van der Waals surface area contributed by atoms with E-state index in [1.165, 1.54) is 24.0 Å². The van der Waals surface area contributed by atoms with Crippen LogP contribution in [-0.2, 0) is 12.8 Å². The molecule has 1 unspecified atom stereocenters. The van der Waals surface area contributed by atoms with E-state index in [4.69, 9.17) is 9.15 Å². The number of hydrogen-bond donors (Lipinski definition) is 1. The SMILES string of the molecule is COc1ccccc1CC(CNC1CC1)Cc1ccoc1. The van der Waals surface area contributed by atoms with Crippen LogP contribution in [0.4, 0.5) is 0 Å². The summed E-state index contributed by atoms with van der Waals surface area (Å²) < 4.78 is 10.7. The Labute approximate surface area is 126 Å². The molecule has 0 spiro atoms. The molecule has 1 aliphatic rings. The first-order chi connectivity index (χ1) is 10.3. The first kappa shape index (κ1) is 14.2. The number of hydrogen-bond acceptors (Lipinski definition) is 3. The van der Waals surface area contributed by atoms with Crippen molar-refractivity contribution in [3.63, 3.8) is 0 Å². The number of ether oxygens (including phenoxy) is 1. The van der Waals surface area contributed by atoms with E-state index in [1.807, 2.05) is 18.4 Å². The van der Waals surface area contributed by atoms with Crippen LogP contribution in [0, 0.1) is 5.92 Å². The largest absolute Gasteiger partial charge is 0.496 e. The summed E-state index contributed by atoms with van der Waals surface area (Å²) in [5.41, 5.74) is 2.55. The van der Waals surface area contributed by atoms with Crippen LogP contribution in [0.2, 0.25) is 0 Å². The van der Waals surface area contributed by atoms with Gasteiger partial charge in [-0.1, -0.05) is 18.2 Å². The van der Waals surface area contributed by atoms with Crippen LogP contribution < -0.4 is 10.1 Å². The molecule has 0 saturated heterocycles. The van der Waals surface area contributed by atoms with Crippen LogP contribution in [0.3, 0.4) is 0 Å². The lowest BCUT2D eigenvalue weighted by Crippen LogP contribution is -2.27. The third-order valence-corrected chi connectivity index (χ3v) is 4.08. The van der Waals surface area contributed by atoms with Gasteiger partial charge < -0.3 is 14.5 Å². The zero-order valence-electron chi connectivity index (χ0n) is 12.5. The minimum atomic E-state index is 0.555. The number of furan rings is 1. The second-order valence-electron chi connectivity index (χ2n) is 5.90. The molecule has 1 aromatic heterocycles. The molecule has 1 atom stereocenters. The Kier molecular flexibility index (Phi) is 4.61. The van der Waals surface area contributed by atoms with Gasteiger partial charge in [-0.3, -0.25) is 0 Å². The monoisotopic (exact) mass is 285 g/mol. The van der Waals surface area contributed by atoms with Crippen LogP contribution in [0.1, 0.15) is 24.0 Å². The van der Waals surface area contributed by atoms with Gasteiger partial charge >= 0.3 is 0 Å². The molecule has 1 aromatic carbocycles. The highest BCUT2D eigenvalue weighted by molar-refractivity contribution is 5.33. The topological polar surface area (TPSA) is 34.4 Å². The van der Waals surface area contributed by atoms with E-state index < -0.39 is 0 Å². The van der Waals surface area contributed by atoms with Crippen molar-refractivity contribution in [2.24, 2.45) is 5.92 Å². The molecular weight excluding hydrogens is 262 g/mol. The molecule has 21 heavy (non-hydrogen) atoms. The zero-order valence-corrected chi connectivity index (χ0v) is 12.5. The minimum absolute atomic E-state index is 0.555. The average Bonchev–Trinajstić information content (AvgIpc) is 3.21. The van der Waals surface area contributed by atoms with Gasteiger partial charge in [0.1, 0.15) is 5.75 Å². The van der Waals surface area contributed by atoms with Crippen molar-refractivity contribution >= 4 is 0 Å². The summed E-state index contributed by atoms with van der Waals surface area (Å²) in [5.74, 6) is 1.54. The Bertz CT molecular complexity index is 546. The van der Waals surface area contributed by atoms with Gasteiger partial charge in [0, 0.05) is 6.04 Å². The summed E-state index contributed by atoms with van der Waals surface area (Å²) in [6, 6.07) is 11.1. The van der Waals surface area contributed by atoms with Crippen LogP contribution in [0.25, 0.3) is 0 Å². The predicted octanol–water partition coefficient (Wildman–Crippen LogP) is 3.44. The maximum Gasteiger partial charge on any atom is 0.122 e. The molecule has 3 heteroatoms. The second-order valence-corrected chi connectivity index (χ2v) is 5.90. The molecule has 1 heterocycles. The summed E-state index contributed by atoms with van der Waals surface area (Å²) in [6.45, 7) is 1.05. The van der Waals surface area contributed by atoms with Gasteiger partial charge in [-0.25, -0.2) is 0 Å². The van der Waals surface area contributed by atoms with Crippen molar-refractivity contribution < 1.29 is 9.15 Å². The Morgan fingerprint density at radius 3 is 2.81 bits per heavy atom. The fraction of sp³-hybridized carbons (Fsp3) is 0.444. The summed E-state index contributed by atoms with van der Waals surface area (Å²) in [6.07, 6.45) is 8.32. The van der Waals surface area contributed by atoms with Gasteiger partial charge in [-0.15, -0.1) is 0 Å². The van der Waals surface area contributed by atoms with Gasteiger partial charge in [0.25, 0.3) is 0 Å². The lowest BCUT2D eigenvalue weighted by Gasteiger charge is -2.18. The van der Waals surface area contributed by atoms with Crippen LogP contribution >= 0.6 is 0 Å². The third kappa shape index (κ3) is 4.11. The molecule has 3 nitrogen and oxygen atoms in total. The number of rotatable bonds is 8. The Morgan fingerprint density at radius 1 is 1.24 bits per heavy atom. The minimum Gasteiger partial charge on any atom is -0.496 e. The Hall–Kier alpha value is -1.74. The smallest absolute Gasteiger partial charge is 0.122 e. The van der Waals surface area contributed by atoms with Gasteiger partial charge in [0.05, 0.1) is 19.6 Å². The average molecular weight is 285 g/mol. The summed E-state index contributed by atoms with van der Waals surface area (Å²) >= 11 is 0. The van der Waals surface area contributed by atoms with E-state index in [9.17, 15) is 0 Å². The normalized spacial score (nSPS) is 15.9. The van der Waals surface area contributed by atoms with E-state index in [-0.39, 0.29) is 0 Å². The number of methoxy groups -OCH3 is 1. The van der Waals surface area contributed by atoms with Crippen molar-refractivity contribution in [1.82, 2.24) is 5.32 Å². The standard InChI is InChI=1S/C18H23NO2/c1-20-18-5-3-2-4-16(18)11-15(12-19-17-6-7-17)10-14-8-9-21-13-14/h2-5,8-9,13,15,17,19H,6-7,10-12H2,1H3. The molecule has 1 fully saturated rings. The van der Waals surface area contributed by atoms with E-state index in [0.717, 1.165) is 31.2 Å². The van der Waals surface area contributed by atoms with E-state index in [1.54, 1.807) is 13.4 Å². The Morgan fingerprint density at radius 2 is 2.10 bits per heavy atom. The number of nitrogens with one attached hydrogen (secondary N) is 1. The van der Waals surface area contributed by atoms with Gasteiger partial charge in [0.15, 0.2) is 0 Å². The molecule has 112 valence electrons. The maximum absolute atomic E-state index is 5.48. The van der Waals surface area contributed by atoms with Gasteiger partial charge in [-0.05, 0) is 61.4 Å². The predicted molar refractivity (Wildman–Crippen MR) is 83.6 cm³/mol. The molecule has 1 aliphatic carbocycles. The van der Waals surface area contributed by atoms with Crippen molar-refractivity contribution in [3.8, 4) is 5.75 Å². The summed E-state index contributed by atoms with van der Waals surface area (Å²) in [7, 11) is 1.74. The van der Waals surface area contributed by atoms with Crippen molar-refractivity contribution in [2.45, 2.75) is 31.7 Å². The molecular formula is C18H23NO2. The van der Waals surface area contributed by atoms with E-state index in [2.05, 4.69) is 23.5 Å². The summed E-state index contributed by atoms with van der Waals surface area (Å²) in [5, 5.41) is 3.66. The van der Waals surface area contributed by atoms with Gasteiger partial charge in [-0.2, -0.15) is 0 Å². The molecule has 0 bridgehead atoms. The highest BCUT2D eigenvalue weighted by Gasteiger charge is 2.22.